The van der Waals surface area contributed by atoms with Crippen LogP contribution < -0.4 is 10.1 Å². The van der Waals surface area contributed by atoms with Crippen LogP contribution in [-0.2, 0) is 0 Å². The summed E-state index contributed by atoms with van der Waals surface area (Å²) in [5, 5.41) is 2.92. The first-order valence-corrected chi connectivity index (χ1v) is 5.64. The van der Waals surface area contributed by atoms with Crippen LogP contribution in [0.25, 0.3) is 0 Å². The minimum atomic E-state index is -0.343. The molecule has 0 aliphatic carbocycles. The van der Waals surface area contributed by atoms with E-state index in [0.717, 1.165) is 0 Å². The van der Waals surface area contributed by atoms with Gasteiger partial charge in [0.2, 0.25) is 11.2 Å². The summed E-state index contributed by atoms with van der Waals surface area (Å²) in [4.78, 5) is 11.7. The zero-order valence-electron chi connectivity index (χ0n) is 9.52. The summed E-state index contributed by atoms with van der Waals surface area (Å²) in [6.45, 7) is 2.55. The number of nitrogens with zero attached hydrogens (tertiary/aromatic N) is 3. The number of rotatable bonds is 4. The summed E-state index contributed by atoms with van der Waals surface area (Å²) < 4.78 is 18.1. The zero-order chi connectivity index (χ0) is 13.0. The molecule has 5 nitrogen and oxygen atoms in total. The average Bonchev–Trinajstić information content (AvgIpc) is 2.32. The van der Waals surface area contributed by atoms with Crippen LogP contribution in [0.3, 0.4) is 0 Å². The lowest BCUT2D eigenvalue weighted by Gasteiger charge is -2.06. The van der Waals surface area contributed by atoms with Gasteiger partial charge in [-0.1, -0.05) is 0 Å². The van der Waals surface area contributed by atoms with Crippen LogP contribution in [0.1, 0.15) is 6.92 Å². The molecule has 0 unspecified atom stereocenters. The Bertz CT molecular complexity index is 535. The van der Waals surface area contributed by atoms with E-state index in [4.69, 9.17) is 16.3 Å². The summed E-state index contributed by atoms with van der Waals surface area (Å²) in [7, 11) is 0. The van der Waals surface area contributed by atoms with Crippen molar-refractivity contribution in [1.29, 1.82) is 0 Å². The lowest BCUT2D eigenvalue weighted by Crippen LogP contribution is -2.04. The number of ether oxygens (including phenoxy) is 1. The minimum absolute atomic E-state index is 0.0260. The predicted molar refractivity (Wildman–Crippen MR) is 65.5 cm³/mol. The fourth-order valence-electron chi connectivity index (χ4n) is 1.22. The van der Waals surface area contributed by atoms with Gasteiger partial charge >= 0.3 is 6.01 Å². The average molecular weight is 269 g/mol. The smallest absolute Gasteiger partial charge is 0.328 e. The van der Waals surface area contributed by atoms with Crippen LogP contribution in [0.15, 0.2) is 24.3 Å². The molecule has 7 heteroatoms. The van der Waals surface area contributed by atoms with E-state index in [9.17, 15) is 4.39 Å². The van der Waals surface area contributed by atoms with E-state index < -0.39 is 0 Å². The van der Waals surface area contributed by atoms with E-state index in [1.807, 2.05) is 6.92 Å². The molecule has 0 aliphatic heterocycles. The van der Waals surface area contributed by atoms with E-state index in [-0.39, 0.29) is 17.1 Å². The van der Waals surface area contributed by atoms with Crippen LogP contribution in [-0.4, -0.2) is 21.5 Å². The van der Waals surface area contributed by atoms with E-state index in [1.165, 1.54) is 24.3 Å². The maximum atomic E-state index is 12.7. The van der Waals surface area contributed by atoms with Crippen molar-refractivity contribution < 1.29 is 9.13 Å². The zero-order valence-corrected chi connectivity index (χ0v) is 10.3. The molecule has 94 valence electrons. The van der Waals surface area contributed by atoms with E-state index in [1.54, 1.807) is 0 Å². The highest BCUT2D eigenvalue weighted by atomic mass is 35.5. The highest BCUT2D eigenvalue weighted by Crippen LogP contribution is 2.19. The molecular weight excluding hydrogens is 259 g/mol. The van der Waals surface area contributed by atoms with Crippen molar-refractivity contribution in [3.8, 4) is 11.8 Å². The largest absolute Gasteiger partial charge is 0.424 e. The molecule has 0 radical (unpaired) electrons. The third-order valence-corrected chi connectivity index (χ3v) is 2.11. The normalized spacial score (nSPS) is 10.2. The molecule has 1 aromatic heterocycles. The lowest BCUT2D eigenvalue weighted by atomic mass is 10.3. The van der Waals surface area contributed by atoms with Crippen molar-refractivity contribution in [1.82, 2.24) is 15.0 Å². The van der Waals surface area contributed by atoms with Crippen molar-refractivity contribution in [3.63, 3.8) is 0 Å². The van der Waals surface area contributed by atoms with Crippen molar-refractivity contribution in [2.75, 3.05) is 11.9 Å². The first-order chi connectivity index (χ1) is 8.67. The molecule has 0 spiro atoms. The second-order valence-electron chi connectivity index (χ2n) is 3.30. The van der Waals surface area contributed by atoms with Crippen molar-refractivity contribution >= 4 is 17.5 Å². The van der Waals surface area contributed by atoms with Crippen LogP contribution in [0, 0.1) is 5.82 Å². The molecular formula is C11H10ClFN4O. The molecule has 1 N–H and O–H groups in total. The monoisotopic (exact) mass is 268 g/mol. The number of nitrogens with one attached hydrogen (secondary N) is 1. The van der Waals surface area contributed by atoms with Crippen LogP contribution in [0.4, 0.5) is 10.3 Å². The number of anilines is 1. The maximum Gasteiger partial charge on any atom is 0.328 e. The Morgan fingerprint density at radius 3 is 2.61 bits per heavy atom. The maximum absolute atomic E-state index is 12.7. The fraction of sp³-hybridized carbons (Fsp3) is 0.182. The SMILES string of the molecule is CCNc1nc(Cl)nc(Oc2ccc(F)cc2)n1. The van der Waals surface area contributed by atoms with E-state index in [0.29, 0.717) is 18.2 Å². The molecule has 2 aromatic rings. The first-order valence-electron chi connectivity index (χ1n) is 5.26. The molecule has 0 aliphatic rings. The van der Waals surface area contributed by atoms with Gasteiger partial charge in [0.15, 0.2) is 0 Å². The highest BCUT2D eigenvalue weighted by molar-refractivity contribution is 6.28. The highest BCUT2D eigenvalue weighted by Gasteiger charge is 2.06. The number of hydrogen-bond donors (Lipinski definition) is 1. The van der Waals surface area contributed by atoms with E-state index >= 15 is 0 Å². The van der Waals surface area contributed by atoms with Gasteiger partial charge in [0, 0.05) is 6.54 Å². The summed E-state index contributed by atoms with van der Waals surface area (Å²) in [5.74, 6) is 0.403. The molecule has 0 fully saturated rings. The molecule has 2 rings (SSSR count). The van der Waals surface area contributed by atoms with Gasteiger partial charge in [-0.25, -0.2) is 4.39 Å². The molecule has 0 atom stereocenters. The molecule has 0 saturated heterocycles. The Balaban J connectivity index is 2.20. The topological polar surface area (TPSA) is 59.9 Å². The summed E-state index contributed by atoms with van der Waals surface area (Å²) in [6, 6.07) is 5.56. The third kappa shape index (κ3) is 3.27. The molecule has 0 amide bonds. The van der Waals surface area contributed by atoms with Crippen LogP contribution in [0.5, 0.6) is 11.8 Å². The van der Waals surface area contributed by atoms with Gasteiger partial charge in [-0.2, -0.15) is 15.0 Å². The van der Waals surface area contributed by atoms with Gasteiger partial charge in [-0.05, 0) is 42.8 Å². The molecule has 1 heterocycles. The quantitative estimate of drug-likeness (QED) is 0.924. The number of halogens is 2. The minimum Gasteiger partial charge on any atom is -0.424 e. The second kappa shape index (κ2) is 5.59. The third-order valence-electron chi connectivity index (χ3n) is 1.95. The summed E-state index contributed by atoms with van der Waals surface area (Å²) >= 11 is 5.73. The number of hydrogen-bond acceptors (Lipinski definition) is 5. The molecule has 18 heavy (non-hydrogen) atoms. The Morgan fingerprint density at radius 1 is 1.22 bits per heavy atom. The second-order valence-corrected chi connectivity index (χ2v) is 3.63. The summed E-state index contributed by atoms with van der Waals surface area (Å²) in [5.41, 5.74) is 0. The van der Waals surface area contributed by atoms with Gasteiger partial charge in [-0.15, -0.1) is 0 Å². The molecule has 1 aromatic carbocycles. The van der Waals surface area contributed by atoms with Crippen LogP contribution >= 0.6 is 11.6 Å². The lowest BCUT2D eigenvalue weighted by molar-refractivity contribution is 0.439. The summed E-state index contributed by atoms with van der Waals surface area (Å²) in [6.07, 6.45) is 0. The molecule has 0 bridgehead atoms. The Hall–Kier alpha value is -1.95. The standard InChI is InChI=1S/C11H10ClFN4O/c1-2-14-10-15-9(12)16-11(17-10)18-8-5-3-7(13)4-6-8/h3-6H,2H2,1H3,(H,14,15,16,17). The Labute approximate surface area is 108 Å². The van der Waals surface area contributed by atoms with Gasteiger partial charge in [0.05, 0.1) is 0 Å². The first kappa shape index (κ1) is 12.5. The van der Waals surface area contributed by atoms with E-state index in [2.05, 4.69) is 20.3 Å². The van der Waals surface area contributed by atoms with Crippen molar-refractivity contribution in [3.05, 3.63) is 35.4 Å². The number of benzene rings is 1. The Morgan fingerprint density at radius 2 is 1.94 bits per heavy atom. The van der Waals surface area contributed by atoms with Crippen LogP contribution in [0.2, 0.25) is 5.28 Å². The van der Waals surface area contributed by atoms with Gasteiger partial charge in [0.25, 0.3) is 0 Å². The fourth-order valence-corrected chi connectivity index (χ4v) is 1.38. The van der Waals surface area contributed by atoms with Gasteiger partial charge in [0.1, 0.15) is 11.6 Å². The number of aromatic nitrogens is 3. The van der Waals surface area contributed by atoms with Crippen molar-refractivity contribution in [2.45, 2.75) is 6.92 Å². The molecule has 0 saturated carbocycles. The predicted octanol–water partition coefficient (Wildman–Crippen LogP) is 2.89. The Kier molecular flexibility index (Phi) is 3.88. The van der Waals surface area contributed by atoms with Gasteiger partial charge < -0.3 is 10.1 Å². The van der Waals surface area contributed by atoms with Gasteiger partial charge in [-0.3, -0.25) is 0 Å². The van der Waals surface area contributed by atoms with Crippen molar-refractivity contribution in [2.24, 2.45) is 0 Å².